The molecule has 24 heavy (non-hydrogen) atoms. The molecule has 0 bridgehead atoms. The first-order valence-electron chi connectivity index (χ1n) is 9.25. The van der Waals surface area contributed by atoms with Crippen LogP contribution in [-0.4, -0.2) is 64.5 Å². The third-order valence-electron chi connectivity index (χ3n) is 5.32. The molecule has 6 heteroatoms. The normalized spacial score (nSPS) is 23.1. The van der Waals surface area contributed by atoms with Crippen molar-refractivity contribution in [3.05, 3.63) is 0 Å². The summed E-state index contributed by atoms with van der Waals surface area (Å²) in [6, 6.07) is 0. The highest BCUT2D eigenvalue weighted by Crippen LogP contribution is 2.41. The molecule has 1 atom stereocenters. The first-order chi connectivity index (χ1) is 11.2. The monoisotopic (exact) mass is 453 g/mol. The zero-order valence-corrected chi connectivity index (χ0v) is 18.0. The van der Waals surface area contributed by atoms with E-state index in [-0.39, 0.29) is 24.0 Å². The molecule has 0 radical (unpaired) electrons. The van der Waals surface area contributed by atoms with E-state index in [9.17, 15) is 0 Å². The highest BCUT2D eigenvalue weighted by atomic mass is 127. The molecule has 1 aliphatic carbocycles. The van der Waals surface area contributed by atoms with Gasteiger partial charge in [-0.05, 0) is 38.0 Å². The molecule has 0 aromatic carbocycles. The number of methoxy groups -OCH3 is 1. The van der Waals surface area contributed by atoms with Gasteiger partial charge in [0.15, 0.2) is 5.96 Å². The van der Waals surface area contributed by atoms with Crippen LogP contribution in [0.4, 0.5) is 0 Å². The average molecular weight is 453 g/mol. The second kappa shape index (κ2) is 11.5. The third kappa shape index (κ3) is 6.67. The number of nitrogens with one attached hydrogen (secondary N) is 1. The maximum atomic E-state index is 5.50. The van der Waals surface area contributed by atoms with Crippen LogP contribution in [0, 0.1) is 11.3 Å². The second-order valence-electron chi connectivity index (χ2n) is 7.23. The fourth-order valence-corrected chi connectivity index (χ4v) is 3.84. The average Bonchev–Trinajstić information content (AvgIpc) is 3.22. The Morgan fingerprint density at radius 2 is 2.12 bits per heavy atom. The number of ether oxygens (including phenoxy) is 2. The summed E-state index contributed by atoms with van der Waals surface area (Å²) in [6.07, 6.45) is 7.56. The van der Waals surface area contributed by atoms with E-state index in [4.69, 9.17) is 14.5 Å². The van der Waals surface area contributed by atoms with Gasteiger partial charge in [0.1, 0.15) is 0 Å². The molecule has 1 N–H and O–H groups in total. The van der Waals surface area contributed by atoms with E-state index in [1.54, 1.807) is 7.11 Å². The molecule has 2 rings (SSSR count). The molecule has 0 aromatic rings. The van der Waals surface area contributed by atoms with Gasteiger partial charge in [0.2, 0.25) is 0 Å². The van der Waals surface area contributed by atoms with Gasteiger partial charge >= 0.3 is 0 Å². The summed E-state index contributed by atoms with van der Waals surface area (Å²) in [5.41, 5.74) is 0.355. The van der Waals surface area contributed by atoms with Crippen molar-refractivity contribution in [2.24, 2.45) is 16.3 Å². The minimum atomic E-state index is 0. The Labute approximate surface area is 165 Å². The molecular weight excluding hydrogens is 417 g/mol. The largest absolute Gasteiger partial charge is 0.385 e. The predicted molar refractivity (Wildman–Crippen MR) is 110 cm³/mol. The summed E-state index contributed by atoms with van der Waals surface area (Å²) < 4.78 is 10.8. The molecule has 1 saturated carbocycles. The minimum absolute atomic E-state index is 0. The number of hydrogen-bond acceptors (Lipinski definition) is 3. The Bertz CT molecular complexity index is 367. The van der Waals surface area contributed by atoms with Crippen molar-refractivity contribution in [1.82, 2.24) is 10.2 Å². The maximum absolute atomic E-state index is 5.50. The van der Waals surface area contributed by atoms with E-state index in [0.29, 0.717) is 11.3 Å². The van der Waals surface area contributed by atoms with Gasteiger partial charge in [-0.1, -0.05) is 12.8 Å². The van der Waals surface area contributed by atoms with Crippen LogP contribution in [0.25, 0.3) is 0 Å². The Hall–Kier alpha value is -0.0800. The molecule has 2 fully saturated rings. The first-order valence-corrected chi connectivity index (χ1v) is 9.25. The molecule has 1 aliphatic heterocycles. The van der Waals surface area contributed by atoms with Gasteiger partial charge in [-0.25, -0.2) is 0 Å². The zero-order valence-electron chi connectivity index (χ0n) is 15.7. The summed E-state index contributed by atoms with van der Waals surface area (Å²) >= 11 is 0. The lowest BCUT2D eigenvalue weighted by Crippen LogP contribution is -2.42. The fourth-order valence-electron chi connectivity index (χ4n) is 3.84. The van der Waals surface area contributed by atoms with Crippen molar-refractivity contribution in [2.75, 3.05) is 53.6 Å². The Morgan fingerprint density at radius 1 is 1.38 bits per heavy atom. The number of hydrogen-bond donors (Lipinski definition) is 1. The van der Waals surface area contributed by atoms with Crippen LogP contribution in [0.15, 0.2) is 4.99 Å². The Balaban J connectivity index is 0.00000288. The molecule has 2 aliphatic rings. The van der Waals surface area contributed by atoms with Gasteiger partial charge in [-0.3, -0.25) is 4.99 Å². The van der Waals surface area contributed by atoms with Crippen molar-refractivity contribution in [1.29, 1.82) is 0 Å². The lowest BCUT2D eigenvalue weighted by Gasteiger charge is -2.29. The molecule has 142 valence electrons. The Morgan fingerprint density at radius 3 is 2.71 bits per heavy atom. The van der Waals surface area contributed by atoms with Gasteiger partial charge in [0, 0.05) is 52.9 Å². The van der Waals surface area contributed by atoms with E-state index >= 15 is 0 Å². The van der Waals surface area contributed by atoms with E-state index < -0.39 is 0 Å². The lowest BCUT2D eigenvalue weighted by atomic mass is 9.83. The highest BCUT2D eigenvalue weighted by Gasteiger charge is 2.33. The molecule has 0 aromatic heterocycles. The van der Waals surface area contributed by atoms with Crippen molar-refractivity contribution in [3.8, 4) is 0 Å². The molecule has 1 heterocycles. The van der Waals surface area contributed by atoms with Crippen molar-refractivity contribution >= 4 is 29.9 Å². The topological polar surface area (TPSA) is 46.1 Å². The molecule has 1 saturated heterocycles. The zero-order chi connectivity index (χ0) is 16.5. The first kappa shape index (κ1) is 22.0. The number of aliphatic imine (C=N–C) groups is 1. The quantitative estimate of drug-likeness (QED) is 0.349. The predicted octanol–water partition coefficient (Wildman–Crippen LogP) is 3.14. The summed E-state index contributed by atoms with van der Waals surface area (Å²) in [6.45, 7) is 7.64. The second-order valence-corrected chi connectivity index (χ2v) is 7.23. The highest BCUT2D eigenvalue weighted by molar-refractivity contribution is 14.0. The number of rotatable bonds is 8. The van der Waals surface area contributed by atoms with E-state index in [2.05, 4.69) is 24.2 Å². The van der Waals surface area contributed by atoms with Crippen LogP contribution >= 0.6 is 24.0 Å². The van der Waals surface area contributed by atoms with Gasteiger partial charge in [0.25, 0.3) is 0 Å². The third-order valence-corrected chi connectivity index (χ3v) is 5.32. The number of halogens is 1. The molecule has 1 unspecified atom stereocenters. The van der Waals surface area contributed by atoms with Crippen LogP contribution in [0.3, 0.4) is 0 Å². The van der Waals surface area contributed by atoms with Crippen LogP contribution in [0.2, 0.25) is 0 Å². The van der Waals surface area contributed by atoms with Gasteiger partial charge in [-0.15, -0.1) is 24.0 Å². The van der Waals surface area contributed by atoms with E-state index in [0.717, 1.165) is 51.8 Å². The van der Waals surface area contributed by atoms with Crippen LogP contribution in [0.5, 0.6) is 0 Å². The number of guanidine groups is 1. The molecular formula is C18H36IN3O2. The molecule has 5 nitrogen and oxygen atoms in total. The minimum Gasteiger partial charge on any atom is -0.385 e. The Kier molecular flexibility index (Phi) is 10.5. The molecule has 0 amide bonds. The maximum Gasteiger partial charge on any atom is 0.193 e. The van der Waals surface area contributed by atoms with Crippen molar-refractivity contribution in [3.63, 3.8) is 0 Å². The van der Waals surface area contributed by atoms with Gasteiger partial charge < -0.3 is 19.7 Å². The molecule has 0 spiro atoms. The van der Waals surface area contributed by atoms with Crippen LogP contribution < -0.4 is 5.32 Å². The standard InChI is InChI=1S/C18H35N3O2.HI/c1-4-19-17(21(2)13-16-7-11-23-14-16)20-15-18(10-12-22-3)8-5-6-9-18;/h16H,4-15H2,1-3H3,(H,19,20);1H. The fraction of sp³-hybridized carbons (Fsp3) is 0.944. The van der Waals surface area contributed by atoms with E-state index in [1.807, 2.05) is 0 Å². The summed E-state index contributed by atoms with van der Waals surface area (Å²) in [4.78, 5) is 7.28. The van der Waals surface area contributed by atoms with Crippen molar-refractivity contribution < 1.29 is 9.47 Å². The summed E-state index contributed by atoms with van der Waals surface area (Å²) in [5, 5.41) is 3.46. The number of nitrogens with zero attached hydrogens (tertiary/aromatic N) is 2. The van der Waals surface area contributed by atoms with Crippen LogP contribution in [-0.2, 0) is 9.47 Å². The van der Waals surface area contributed by atoms with Crippen molar-refractivity contribution in [2.45, 2.75) is 45.4 Å². The van der Waals surface area contributed by atoms with Gasteiger partial charge in [0.05, 0.1) is 6.61 Å². The summed E-state index contributed by atoms with van der Waals surface area (Å²) in [5.74, 6) is 1.68. The van der Waals surface area contributed by atoms with Gasteiger partial charge in [-0.2, -0.15) is 0 Å². The van der Waals surface area contributed by atoms with E-state index in [1.165, 1.54) is 32.1 Å². The lowest BCUT2D eigenvalue weighted by molar-refractivity contribution is 0.141. The SMILES string of the molecule is CCNC(=NCC1(CCOC)CCCC1)N(C)CC1CCOC1.I. The van der Waals surface area contributed by atoms with Crippen LogP contribution in [0.1, 0.15) is 45.4 Å². The smallest absolute Gasteiger partial charge is 0.193 e. The summed E-state index contributed by atoms with van der Waals surface area (Å²) in [7, 11) is 3.95.